The number of allylic oxidation sites excluding steroid dienone is 28. The Labute approximate surface area is 479 Å². The van der Waals surface area contributed by atoms with E-state index in [1.54, 1.807) is 0 Å². The molecule has 0 radical (unpaired) electrons. The van der Waals surface area contributed by atoms with E-state index in [0.29, 0.717) is 19.3 Å². The molecule has 0 aromatic carbocycles. The SMILES string of the molecule is CC/C=C\C/C=C\C/C=C\C/C=C\C/C=C\C/C=C\C/C=C\C/C=C\CCCCCCC(=O)OCC(COC(=O)CCCC/C=C\C/C=C\C/C=C\C/C=C\CC)OC(=O)CCCCCCC/C=C\C/C=C\CCCCCC. The van der Waals surface area contributed by atoms with Crippen LogP contribution in [0.4, 0.5) is 0 Å². The molecule has 0 aliphatic heterocycles. The zero-order valence-electron chi connectivity index (χ0n) is 49.9. The van der Waals surface area contributed by atoms with Crippen molar-refractivity contribution < 1.29 is 28.6 Å². The molecular formula is C72H112O6. The Hall–Kier alpha value is -5.23. The molecule has 0 aromatic rings. The van der Waals surface area contributed by atoms with Crippen LogP contribution in [0.1, 0.15) is 245 Å². The number of unbranched alkanes of at least 4 members (excludes halogenated alkanes) is 15. The van der Waals surface area contributed by atoms with E-state index in [-0.39, 0.29) is 37.5 Å². The van der Waals surface area contributed by atoms with Crippen LogP contribution in [0.3, 0.4) is 0 Å². The summed E-state index contributed by atoms with van der Waals surface area (Å²) in [6, 6.07) is 0. The van der Waals surface area contributed by atoms with Crippen LogP contribution in [0, 0.1) is 0 Å². The number of rotatable bonds is 54. The molecule has 0 saturated heterocycles. The molecule has 0 saturated carbocycles. The van der Waals surface area contributed by atoms with Crippen LogP contribution in [-0.2, 0) is 28.6 Å². The van der Waals surface area contributed by atoms with Gasteiger partial charge in [0, 0.05) is 19.3 Å². The second kappa shape index (κ2) is 64.3. The van der Waals surface area contributed by atoms with E-state index in [1.807, 2.05) is 0 Å². The van der Waals surface area contributed by atoms with Crippen molar-refractivity contribution >= 4 is 17.9 Å². The molecule has 6 nitrogen and oxygen atoms in total. The third kappa shape index (κ3) is 61.6. The maximum absolute atomic E-state index is 12.9. The summed E-state index contributed by atoms with van der Waals surface area (Å²) in [7, 11) is 0. The van der Waals surface area contributed by atoms with Crippen LogP contribution >= 0.6 is 0 Å². The normalized spacial score (nSPS) is 13.3. The lowest BCUT2D eigenvalue weighted by Crippen LogP contribution is -2.30. The van der Waals surface area contributed by atoms with E-state index in [4.69, 9.17) is 14.2 Å². The fraction of sp³-hybridized carbons (Fsp3) is 0.569. The molecule has 0 spiro atoms. The molecule has 78 heavy (non-hydrogen) atoms. The molecule has 1 unspecified atom stereocenters. The van der Waals surface area contributed by atoms with Crippen molar-refractivity contribution in [2.75, 3.05) is 13.2 Å². The Kier molecular flexibility index (Phi) is 60.0. The summed E-state index contributed by atoms with van der Waals surface area (Å²) in [6.07, 6.45) is 95.0. The maximum atomic E-state index is 12.9. The molecule has 0 aromatic heterocycles. The fourth-order valence-electron chi connectivity index (χ4n) is 7.83. The number of esters is 3. The van der Waals surface area contributed by atoms with Crippen LogP contribution in [0.25, 0.3) is 0 Å². The average molecular weight is 1070 g/mol. The first kappa shape index (κ1) is 72.8. The smallest absolute Gasteiger partial charge is 0.306 e. The van der Waals surface area contributed by atoms with E-state index in [9.17, 15) is 14.4 Å². The van der Waals surface area contributed by atoms with Gasteiger partial charge in [0.15, 0.2) is 6.10 Å². The van der Waals surface area contributed by atoms with Gasteiger partial charge in [-0.1, -0.05) is 242 Å². The molecule has 0 bridgehead atoms. The third-order valence-corrected chi connectivity index (χ3v) is 12.4. The van der Waals surface area contributed by atoms with Gasteiger partial charge in [-0.3, -0.25) is 14.4 Å². The van der Waals surface area contributed by atoms with E-state index in [1.165, 1.54) is 32.1 Å². The summed E-state index contributed by atoms with van der Waals surface area (Å²) in [5.74, 6) is -1.00. The predicted octanol–water partition coefficient (Wildman–Crippen LogP) is 21.5. The van der Waals surface area contributed by atoms with Crippen LogP contribution < -0.4 is 0 Å². The van der Waals surface area contributed by atoms with Crippen molar-refractivity contribution in [1.82, 2.24) is 0 Å². The summed E-state index contributed by atoms with van der Waals surface area (Å²) in [6.45, 7) is 6.31. The highest BCUT2D eigenvalue weighted by Crippen LogP contribution is 2.13. The van der Waals surface area contributed by atoms with Crippen LogP contribution in [0.15, 0.2) is 170 Å². The zero-order valence-corrected chi connectivity index (χ0v) is 49.9. The van der Waals surface area contributed by atoms with Gasteiger partial charge in [0.1, 0.15) is 13.2 Å². The molecule has 0 amide bonds. The lowest BCUT2D eigenvalue weighted by Gasteiger charge is -2.18. The monoisotopic (exact) mass is 1070 g/mol. The van der Waals surface area contributed by atoms with Gasteiger partial charge >= 0.3 is 17.9 Å². The summed E-state index contributed by atoms with van der Waals surface area (Å²) in [4.78, 5) is 38.2. The van der Waals surface area contributed by atoms with Crippen LogP contribution in [-0.4, -0.2) is 37.2 Å². The molecule has 0 aliphatic carbocycles. The Bertz CT molecular complexity index is 1810. The molecule has 0 N–H and O–H groups in total. The van der Waals surface area contributed by atoms with Gasteiger partial charge in [0.05, 0.1) is 0 Å². The van der Waals surface area contributed by atoms with Crippen molar-refractivity contribution in [3.05, 3.63) is 170 Å². The van der Waals surface area contributed by atoms with Gasteiger partial charge < -0.3 is 14.2 Å². The summed E-state index contributed by atoms with van der Waals surface area (Å²) in [5.41, 5.74) is 0. The molecule has 0 rings (SSSR count). The number of carbonyl (C=O) groups excluding carboxylic acids is 3. The Balaban J connectivity index is 4.48. The predicted molar refractivity (Wildman–Crippen MR) is 338 cm³/mol. The van der Waals surface area contributed by atoms with E-state index < -0.39 is 6.10 Å². The highest BCUT2D eigenvalue weighted by molar-refractivity contribution is 5.71. The highest BCUT2D eigenvalue weighted by atomic mass is 16.6. The van der Waals surface area contributed by atoms with Gasteiger partial charge in [0.2, 0.25) is 0 Å². The molecule has 0 aliphatic rings. The van der Waals surface area contributed by atoms with E-state index >= 15 is 0 Å². The minimum atomic E-state index is -0.823. The number of hydrogen-bond donors (Lipinski definition) is 0. The van der Waals surface area contributed by atoms with E-state index in [2.05, 4.69) is 191 Å². The molecule has 0 heterocycles. The van der Waals surface area contributed by atoms with Gasteiger partial charge in [-0.25, -0.2) is 0 Å². The van der Waals surface area contributed by atoms with Crippen molar-refractivity contribution in [2.24, 2.45) is 0 Å². The quantitative estimate of drug-likeness (QED) is 0.0261. The highest BCUT2D eigenvalue weighted by Gasteiger charge is 2.19. The molecule has 6 heteroatoms. The van der Waals surface area contributed by atoms with Gasteiger partial charge in [-0.15, -0.1) is 0 Å². The second-order valence-corrected chi connectivity index (χ2v) is 19.8. The summed E-state index contributed by atoms with van der Waals surface area (Å²) >= 11 is 0. The molecular weight excluding hydrogens is 961 g/mol. The minimum absolute atomic E-state index is 0.118. The standard InChI is InChI=1S/C72H112O6/c1-4-7-10-13-16-19-22-25-28-30-31-32-33-34-35-36-37-38-39-40-41-42-45-47-50-53-56-59-62-65-71(74)77-68-69(67-76-70(73)64-61-58-55-52-49-46-43-27-24-21-18-15-12-9-6-3)78-72(75)66-63-60-57-54-51-48-44-29-26-23-20-17-14-11-8-5-2/h7,9-10,12,16,18-21,23,25,27-29,31-32,34-35,37-38,40-41,43-45,47,49,52,69H,4-6,8,11,13-15,17,22,24,26,30,33,36,39,42,46,48,50-51,53-68H2,1-3H3/b10-7-,12-9-,19-16-,21-18-,23-20-,28-25-,32-31-,35-34-,38-37-,41-40-,43-27-,44-29-,47-45-,52-49-. The third-order valence-electron chi connectivity index (χ3n) is 12.4. The fourth-order valence-corrected chi connectivity index (χ4v) is 7.83. The Morgan fingerprint density at radius 3 is 0.808 bits per heavy atom. The zero-order chi connectivity index (χ0) is 56.4. The van der Waals surface area contributed by atoms with Crippen LogP contribution in [0.2, 0.25) is 0 Å². The Morgan fingerprint density at radius 2 is 0.500 bits per heavy atom. The van der Waals surface area contributed by atoms with Crippen molar-refractivity contribution in [1.29, 1.82) is 0 Å². The Morgan fingerprint density at radius 1 is 0.269 bits per heavy atom. The summed E-state index contributed by atoms with van der Waals surface area (Å²) in [5, 5.41) is 0. The first-order valence-electron chi connectivity index (χ1n) is 31.1. The van der Waals surface area contributed by atoms with Crippen LogP contribution in [0.5, 0.6) is 0 Å². The second-order valence-electron chi connectivity index (χ2n) is 19.8. The topological polar surface area (TPSA) is 78.9 Å². The van der Waals surface area contributed by atoms with Gasteiger partial charge in [-0.2, -0.15) is 0 Å². The lowest BCUT2D eigenvalue weighted by atomic mass is 10.1. The molecule has 1 atom stereocenters. The van der Waals surface area contributed by atoms with Crippen molar-refractivity contribution in [3.63, 3.8) is 0 Å². The van der Waals surface area contributed by atoms with E-state index in [0.717, 1.165) is 167 Å². The first-order chi connectivity index (χ1) is 38.5. The largest absolute Gasteiger partial charge is 0.462 e. The number of hydrogen-bond acceptors (Lipinski definition) is 6. The minimum Gasteiger partial charge on any atom is -0.462 e. The van der Waals surface area contributed by atoms with Crippen molar-refractivity contribution in [3.8, 4) is 0 Å². The summed E-state index contributed by atoms with van der Waals surface area (Å²) < 4.78 is 16.8. The molecule has 0 fully saturated rings. The van der Waals surface area contributed by atoms with Crippen molar-refractivity contribution in [2.45, 2.75) is 252 Å². The molecule has 436 valence electrons. The average Bonchev–Trinajstić information content (AvgIpc) is 3.44. The maximum Gasteiger partial charge on any atom is 0.306 e. The number of ether oxygens (including phenoxy) is 3. The van der Waals surface area contributed by atoms with Gasteiger partial charge in [-0.05, 0) is 154 Å². The number of carbonyl (C=O) groups is 3. The van der Waals surface area contributed by atoms with Gasteiger partial charge in [0.25, 0.3) is 0 Å². The lowest BCUT2D eigenvalue weighted by molar-refractivity contribution is -0.167. The first-order valence-corrected chi connectivity index (χ1v) is 31.1.